The summed E-state index contributed by atoms with van der Waals surface area (Å²) >= 11 is 0. The summed E-state index contributed by atoms with van der Waals surface area (Å²) in [5.41, 5.74) is 1.22. The molecule has 0 fully saturated rings. The molecule has 1 aromatic heterocycles. The van der Waals surface area contributed by atoms with Crippen LogP contribution in [0.4, 0.5) is 0 Å². The lowest BCUT2D eigenvalue weighted by molar-refractivity contribution is 0.0692. The van der Waals surface area contributed by atoms with Crippen LogP contribution < -0.4 is 9.47 Å². The number of hydrogen-bond donors (Lipinski definition) is 2. The second-order valence-electron chi connectivity index (χ2n) is 4.36. The van der Waals surface area contributed by atoms with Gasteiger partial charge in [0.1, 0.15) is 5.56 Å². The number of aromatic carboxylic acids is 1. The molecule has 2 aromatic rings. The maximum atomic E-state index is 11.3. The quantitative estimate of drug-likeness (QED) is 0.878. The van der Waals surface area contributed by atoms with E-state index in [2.05, 4.69) is 4.98 Å². The van der Waals surface area contributed by atoms with E-state index in [0.29, 0.717) is 22.6 Å². The van der Waals surface area contributed by atoms with Crippen molar-refractivity contribution in [3.63, 3.8) is 0 Å². The molecule has 2 rings (SSSR count). The highest BCUT2D eigenvalue weighted by Crippen LogP contribution is 2.33. The Morgan fingerprint density at radius 2 is 2.05 bits per heavy atom. The first-order valence-electron chi connectivity index (χ1n) is 6.21. The van der Waals surface area contributed by atoms with Crippen molar-refractivity contribution in [3.05, 3.63) is 47.2 Å². The van der Waals surface area contributed by atoms with Gasteiger partial charge in [-0.2, -0.15) is 0 Å². The van der Waals surface area contributed by atoms with Gasteiger partial charge >= 0.3 is 5.97 Å². The van der Waals surface area contributed by atoms with Crippen LogP contribution in [0.25, 0.3) is 0 Å². The van der Waals surface area contributed by atoms with Gasteiger partial charge in [-0.15, -0.1) is 0 Å². The van der Waals surface area contributed by atoms with E-state index in [1.165, 1.54) is 13.3 Å². The number of aliphatic hydroxyl groups is 1. The average molecular weight is 289 g/mol. The van der Waals surface area contributed by atoms with Crippen molar-refractivity contribution in [2.45, 2.75) is 13.5 Å². The third-order valence-electron chi connectivity index (χ3n) is 2.96. The lowest BCUT2D eigenvalue weighted by Crippen LogP contribution is -2.05. The van der Waals surface area contributed by atoms with Crippen molar-refractivity contribution in [1.29, 1.82) is 0 Å². The van der Waals surface area contributed by atoms with Gasteiger partial charge in [0.25, 0.3) is 0 Å². The standard InChI is InChI=1S/C15H15NO5/c1-9-5-6-16-14(13(9)15(18)19)21-11-4-3-10(8-17)7-12(11)20-2/h3-7,17H,8H2,1-2H3,(H,18,19). The van der Waals surface area contributed by atoms with Crippen LogP contribution in [-0.2, 0) is 6.61 Å². The van der Waals surface area contributed by atoms with E-state index in [-0.39, 0.29) is 18.1 Å². The molecular formula is C15H15NO5. The largest absolute Gasteiger partial charge is 0.493 e. The Hall–Kier alpha value is -2.60. The normalized spacial score (nSPS) is 10.2. The lowest BCUT2D eigenvalue weighted by Gasteiger charge is -2.13. The van der Waals surface area contributed by atoms with Crippen LogP contribution >= 0.6 is 0 Å². The van der Waals surface area contributed by atoms with Gasteiger partial charge in [-0.25, -0.2) is 9.78 Å². The molecular weight excluding hydrogens is 274 g/mol. The summed E-state index contributed by atoms with van der Waals surface area (Å²) < 4.78 is 10.8. The highest BCUT2D eigenvalue weighted by molar-refractivity contribution is 5.91. The molecule has 0 radical (unpaired) electrons. The van der Waals surface area contributed by atoms with Gasteiger partial charge in [0.15, 0.2) is 11.5 Å². The Balaban J connectivity index is 2.43. The minimum atomic E-state index is -1.11. The van der Waals surface area contributed by atoms with Crippen molar-refractivity contribution < 1.29 is 24.5 Å². The van der Waals surface area contributed by atoms with Crippen molar-refractivity contribution >= 4 is 5.97 Å². The highest BCUT2D eigenvalue weighted by atomic mass is 16.5. The Kier molecular flexibility index (Phi) is 4.39. The topological polar surface area (TPSA) is 88.9 Å². The summed E-state index contributed by atoms with van der Waals surface area (Å²) in [4.78, 5) is 15.3. The van der Waals surface area contributed by atoms with Crippen LogP contribution in [-0.4, -0.2) is 28.3 Å². The SMILES string of the molecule is COc1cc(CO)ccc1Oc1nccc(C)c1C(=O)O. The number of ether oxygens (including phenoxy) is 2. The molecule has 0 aliphatic rings. The van der Waals surface area contributed by atoms with Gasteiger partial charge in [-0.05, 0) is 36.2 Å². The Morgan fingerprint density at radius 1 is 1.29 bits per heavy atom. The summed E-state index contributed by atoms with van der Waals surface area (Å²) in [7, 11) is 1.46. The fraction of sp³-hybridized carbons (Fsp3) is 0.200. The number of aryl methyl sites for hydroxylation is 1. The molecule has 0 aliphatic carbocycles. The Labute approximate surface area is 121 Å². The van der Waals surface area contributed by atoms with E-state index in [9.17, 15) is 9.90 Å². The van der Waals surface area contributed by atoms with Crippen LogP contribution in [0, 0.1) is 6.92 Å². The number of hydrogen-bond acceptors (Lipinski definition) is 5. The molecule has 1 aromatic carbocycles. The number of nitrogens with zero attached hydrogens (tertiary/aromatic N) is 1. The van der Waals surface area contributed by atoms with E-state index < -0.39 is 5.97 Å². The first-order valence-corrected chi connectivity index (χ1v) is 6.21. The van der Waals surface area contributed by atoms with E-state index in [1.54, 1.807) is 31.2 Å². The fourth-order valence-electron chi connectivity index (χ4n) is 1.87. The lowest BCUT2D eigenvalue weighted by atomic mass is 10.1. The zero-order valence-electron chi connectivity index (χ0n) is 11.7. The van der Waals surface area contributed by atoms with E-state index in [4.69, 9.17) is 14.6 Å². The molecule has 2 N–H and O–H groups in total. The first-order chi connectivity index (χ1) is 10.1. The third kappa shape index (κ3) is 3.11. The summed E-state index contributed by atoms with van der Waals surface area (Å²) in [5, 5.41) is 18.4. The third-order valence-corrected chi connectivity index (χ3v) is 2.96. The summed E-state index contributed by atoms with van der Waals surface area (Å²) in [5.74, 6) is -0.393. The number of pyridine rings is 1. The summed E-state index contributed by atoms with van der Waals surface area (Å²) in [6, 6.07) is 6.47. The highest BCUT2D eigenvalue weighted by Gasteiger charge is 2.18. The van der Waals surface area contributed by atoms with Gasteiger partial charge in [0.2, 0.25) is 5.88 Å². The number of carbonyl (C=O) groups is 1. The van der Waals surface area contributed by atoms with Gasteiger partial charge in [0, 0.05) is 6.20 Å². The van der Waals surface area contributed by atoms with Crippen LogP contribution in [0.5, 0.6) is 17.4 Å². The Morgan fingerprint density at radius 3 is 2.67 bits per heavy atom. The summed E-state index contributed by atoms with van der Waals surface area (Å²) in [6.07, 6.45) is 1.48. The van der Waals surface area contributed by atoms with Crippen molar-refractivity contribution in [2.24, 2.45) is 0 Å². The smallest absolute Gasteiger partial charge is 0.341 e. The minimum Gasteiger partial charge on any atom is -0.493 e. The van der Waals surface area contributed by atoms with Gasteiger partial charge < -0.3 is 19.7 Å². The number of aromatic nitrogens is 1. The number of aliphatic hydroxyl groups excluding tert-OH is 1. The Bertz CT molecular complexity index is 669. The van der Waals surface area contributed by atoms with Crippen molar-refractivity contribution in [2.75, 3.05) is 7.11 Å². The first kappa shape index (κ1) is 14.8. The molecule has 0 spiro atoms. The molecule has 0 saturated heterocycles. The molecule has 0 amide bonds. The minimum absolute atomic E-state index is 0.00227. The van der Waals surface area contributed by atoms with Crippen LogP contribution in [0.15, 0.2) is 30.5 Å². The number of rotatable bonds is 5. The number of methoxy groups -OCH3 is 1. The second kappa shape index (κ2) is 6.23. The monoisotopic (exact) mass is 289 g/mol. The van der Waals surface area contributed by atoms with Crippen molar-refractivity contribution in [1.82, 2.24) is 4.98 Å². The van der Waals surface area contributed by atoms with E-state index in [1.807, 2.05) is 0 Å². The maximum absolute atomic E-state index is 11.3. The molecule has 0 saturated carbocycles. The number of carboxylic acids is 1. The van der Waals surface area contributed by atoms with Gasteiger partial charge in [-0.1, -0.05) is 6.07 Å². The second-order valence-corrected chi connectivity index (χ2v) is 4.36. The molecule has 1 heterocycles. The molecule has 21 heavy (non-hydrogen) atoms. The molecule has 0 aliphatic heterocycles. The van der Waals surface area contributed by atoms with Crippen LogP contribution in [0.3, 0.4) is 0 Å². The molecule has 0 unspecified atom stereocenters. The number of benzene rings is 1. The predicted molar refractivity (Wildman–Crippen MR) is 74.9 cm³/mol. The fourth-order valence-corrected chi connectivity index (χ4v) is 1.87. The zero-order valence-corrected chi connectivity index (χ0v) is 11.7. The molecule has 0 atom stereocenters. The van der Waals surface area contributed by atoms with E-state index >= 15 is 0 Å². The molecule has 110 valence electrons. The molecule has 0 bridgehead atoms. The van der Waals surface area contributed by atoms with Crippen LogP contribution in [0.2, 0.25) is 0 Å². The predicted octanol–water partition coefficient (Wildman–Crippen LogP) is 2.38. The van der Waals surface area contributed by atoms with E-state index in [0.717, 1.165) is 0 Å². The van der Waals surface area contributed by atoms with Crippen molar-refractivity contribution in [3.8, 4) is 17.4 Å². The zero-order chi connectivity index (χ0) is 15.4. The summed E-state index contributed by atoms with van der Waals surface area (Å²) in [6.45, 7) is 1.55. The molecule has 6 nitrogen and oxygen atoms in total. The van der Waals surface area contributed by atoms with Crippen LogP contribution in [0.1, 0.15) is 21.5 Å². The number of carboxylic acid groups (broad SMARTS) is 1. The van der Waals surface area contributed by atoms with Gasteiger partial charge in [-0.3, -0.25) is 0 Å². The average Bonchev–Trinajstić information content (AvgIpc) is 2.47. The maximum Gasteiger partial charge on any atom is 0.341 e. The molecule has 6 heteroatoms. The van der Waals surface area contributed by atoms with Gasteiger partial charge in [0.05, 0.1) is 13.7 Å².